The Morgan fingerprint density at radius 1 is 1.31 bits per heavy atom. The van der Waals surface area contributed by atoms with Crippen LogP contribution >= 0.6 is 0 Å². The van der Waals surface area contributed by atoms with Gasteiger partial charge < -0.3 is 15.5 Å². The maximum atomic E-state index is 11.6. The van der Waals surface area contributed by atoms with Crippen LogP contribution in [0.15, 0.2) is 0 Å². The van der Waals surface area contributed by atoms with Gasteiger partial charge in [0.25, 0.3) is 0 Å². The summed E-state index contributed by atoms with van der Waals surface area (Å²) in [4.78, 5) is 13.9. The van der Waals surface area contributed by atoms with Gasteiger partial charge in [0, 0.05) is 17.6 Å². The fourth-order valence-electron chi connectivity index (χ4n) is 2.00. The Bertz CT molecular complexity index is 251. The van der Waals surface area contributed by atoms with E-state index in [0.29, 0.717) is 0 Å². The smallest absolute Gasteiger partial charge is 0.315 e. The van der Waals surface area contributed by atoms with Gasteiger partial charge in [-0.05, 0) is 54.1 Å². The molecule has 0 saturated heterocycles. The normalized spacial score (nSPS) is 19.1. The summed E-state index contributed by atoms with van der Waals surface area (Å²) >= 11 is 0. The molecule has 1 rings (SSSR count). The summed E-state index contributed by atoms with van der Waals surface area (Å²) in [6.45, 7) is 6.69. The standard InChI is InChI=1S/C12H25N3O/c1-11(2,3)14-10(16)13-9-12(15(4)5)7-6-8-12/h6-9H2,1-5H3,(H2,13,14,16). The van der Waals surface area contributed by atoms with Crippen molar-refractivity contribution in [3.8, 4) is 0 Å². The predicted molar refractivity (Wildman–Crippen MR) is 66.6 cm³/mol. The largest absolute Gasteiger partial charge is 0.336 e. The molecule has 0 radical (unpaired) electrons. The van der Waals surface area contributed by atoms with Crippen molar-refractivity contribution >= 4 is 6.03 Å². The minimum atomic E-state index is -0.172. The molecule has 0 unspecified atom stereocenters. The average Bonchev–Trinajstić information content (AvgIpc) is 1.97. The molecular formula is C12H25N3O. The van der Waals surface area contributed by atoms with E-state index in [0.717, 1.165) is 6.54 Å². The molecule has 1 aliphatic rings. The van der Waals surface area contributed by atoms with E-state index in [-0.39, 0.29) is 17.1 Å². The summed E-state index contributed by atoms with van der Waals surface area (Å²) in [6, 6.07) is -0.0689. The highest BCUT2D eigenvalue weighted by Crippen LogP contribution is 2.35. The van der Waals surface area contributed by atoms with E-state index >= 15 is 0 Å². The lowest BCUT2D eigenvalue weighted by Gasteiger charge is -2.47. The molecule has 0 atom stereocenters. The van der Waals surface area contributed by atoms with E-state index < -0.39 is 0 Å². The number of likely N-dealkylation sites (N-methyl/N-ethyl adjacent to an activating group) is 1. The SMILES string of the molecule is CN(C)C1(CNC(=O)NC(C)(C)C)CCC1. The monoisotopic (exact) mass is 227 g/mol. The second-order valence-corrected chi connectivity index (χ2v) is 6.03. The molecule has 0 heterocycles. The van der Waals surface area contributed by atoms with Crippen molar-refractivity contribution in [2.24, 2.45) is 0 Å². The van der Waals surface area contributed by atoms with Crippen molar-refractivity contribution in [3.63, 3.8) is 0 Å². The topological polar surface area (TPSA) is 44.4 Å². The summed E-state index contributed by atoms with van der Waals surface area (Å²) in [5.41, 5.74) is 0.0181. The molecule has 2 amide bonds. The zero-order chi connectivity index (χ0) is 12.4. The number of hydrogen-bond acceptors (Lipinski definition) is 2. The molecule has 0 aromatic heterocycles. The van der Waals surface area contributed by atoms with Crippen molar-refractivity contribution in [1.29, 1.82) is 0 Å². The first-order chi connectivity index (χ1) is 7.25. The summed E-state index contributed by atoms with van der Waals surface area (Å²) in [7, 11) is 4.17. The molecule has 4 heteroatoms. The van der Waals surface area contributed by atoms with Gasteiger partial charge in [0.1, 0.15) is 0 Å². The van der Waals surface area contributed by atoms with Crippen LogP contribution in [0.1, 0.15) is 40.0 Å². The van der Waals surface area contributed by atoms with Gasteiger partial charge in [0.05, 0.1) is 0 Å². The molecule has 1 fully saturated rings. The van der Waals surface area contributed by atoms with Crippen LogP contribution in [0.2, 0.25) is 0 Å². The van der Waals surface area contributed by atoms with Crippen LogP contribution in [0, 0.1) is 0 Å². The van der Waals surface area contributed by atoms with Gasteiger partial charge in [0.2, 0.25) is 0 Å². The molecule has 0 aliphatic heterocycles. The van der Waals surface area contributed by atoms with Gasteiger partial charge in [-0.3, -0.25) is 0 Å². The molecule has 94 valence electrons. The number of amides is 2. The highest BCUT2D eigenvalue weighted by Gasteiger charge is 2.39. The third-order valence-electron chi connectivity index (χ3n) is 3.30. The zero-order valence-corrected chi connectivity index (χ0v) is 11.2. The molecule has 2 N–H and O–H groups in total. The lowest BCUT2D eigenvalue weighted by Crippen LogP contribution is -2.59. The van der Waals surface area contributed by atoms with Crippen LogP contribution in [-0.4, -0.2) is 42.6 Å². The van der Waals surface area contributed by atoms with Crippen LogP contribution in [-0.2, 0) is 0 Å². The highest BCUT2D eigenvalue weighted by atomic mass is 16.2. The first-order valence-electron chi connectivity index (χ1n) is 5.99. The number of hydrogen-bond donors (Lipinski definition) is 2. The lowest BCUT2D eigenvalue weighted by atomic mass is 9.75. The van der Waals surface area contributed by atoms with Crippen LogP contribution in [0.5, 0.6) is 0 Å². The Kier molecular flexibility index (Phi) is 3.84. The molecule has 0 aromatic rings. The van der Waals surface area contributed by atoms with Crippen LogP contribution < -0.4 is 10.6 Å². The lowest BCUT2D eigenvalue weighted by molar-refractivity contribution is 0.0622. The second kappa shape index (κ2) is 4.62. The predicted octanol–water partition coefficient (Wildman–Crippen LogP) is 1.57. The summed E-state index contributed by atoms with van der Waals surface area (Å²) < 4.78 is 0. The molecule has 16 heavy (non-hydrogen) atoms. The van der Waals surface area contributed by atoms with Gasteiger partial charge >= 0.3 is 6.03 Å². The first-order valence-corrected chi connectivity index (χ1v) is 5.99. The first kappa shape index (κ1) is 13.3. The Balaban J connectivity index is 2.36. The van der Waals surface area contributed by atoms with E-state index in [2.05, 4.69) is 29.6 Å². The fourth-order valence-corrected chi connectivity index (χ4v) is 2.00. The average molecular weight is 227 g/mol. The van der Waals surface area contributed by atoms with Gasteiger partial charge in [0.15, 0.2) is 0 Å². The van der Waals surface area contributed by atoms with Gasteiger partial charge in [-0.15, -0.1) is 0 Å². The van der Waals surface area contributed by atoms with Crippen molar-refractivity contribution in [2.75, 3.05) is 20.6 Å². The van der Waals surface area contributed by atoms with E-state index in [9.17, 15) is 4.79 Å². The number of urea groups is 1. The quantitative estimate of drug-likeness (QED) is 0.768. The molecule has 0 aromatic carbocycles. The zero-order valence-electron chi connectivity index (χ0n) is 11.2. The Labute approximate surface area is 98.8 Å². The number of rotatable bonds is 3. The van der Waals surface area contributed by atoms with E-state index in [1.165, 1.54) is 19.3 Å². The molecule has 4 nitrogen and oxygen atoms in total. The summed E-state index contributed by atoms with van der Waals surface area (Å²) in [5, 5.41) is 5.88. The van der Waals surface area contributed by atoms with Gasteiger partial charge in [-0.25, -0.2) is 4.79 Å². The molecular weight excluding hydrogens is 202 g/mol. The number of carbonyl (C=O) groups is 1. The van der Waals surface area contributed by atoms with Crippen LogP contribution in [0.4, 0.5) is 4.79 Å². The van der Waals surface area contributed by atoms with Gasteiger partial charge in [-0.2, -0.15) is 0 Å². The second-order valence-electron chi connectivity index (χ2n) is 6.03. The highest BCUT2D eigenvalue weighted by molar-refractivity contribution is 5.74. The molecule has 1 saturated carbocycles. The van der Waals surface area contributed by atoms with E-state index in [1.807, 2.05) is 20.8 Å². The molecule has 0 spiro atoms. The molecule has 0 bridgehead atoms. The fraction of sp³-hybridized carbons (Fsp3) is 0.917. The maximum absolute atomic E-state index is 11.6. The van der Waals surface area contributed by atoms with Crippen molar-refractivity contribution < 1.29 is 4.79 Å². The van der Waals surface area contributed by atoms with Crippen LogP contribution in [0.25, 0.3) is 0 Å². The van der Waals surface area contributed by atoms with Crippen molar-refractivity contribution in [1.82, 2.24) is 15.5 Å². The Hall–Kier alpha value is -0.770. The minimum absolute atomic E-state index is 0.0689. The van der Waals surface area contributed by atoms with E-state index in [4.69, 9.17) is 0 Å². The van der Waals surface area contributed by atoms with Crippen LogP contribution in [0.3, 0.4) is 0 Å². The number of nitrogens with zero attached hydrogens (tertiary/aromatic N) is 1. The number of carbonyl (C=O) groups excluding carboxylic acids is 1. The Morgan fingerprint density at radius 2 is 1.88 bits per heavy atom. The maximum Gasteiger partial charge on any atom is 0.315 e. The summed E-state index contributed by atoms with van der Waals surface area (Å²) in [6.07, 6.45) is 3.62. The van der Waals surface area contributed by atoms with Crippen molar-refractivity contribution in [2.45, 2.75) is 51.1 Å². The third-order valence-corrected chi connectivity index (χ3v) is 3.30. The Morgan fingerprint density at radius 3 is 2.19 bits per heavy atom. The van der Waals surface area contributed by atoms with Crippen molar-refractivity contribution in [3.05, 3.63) is 0 Å². The minimum Gasteiger partial charge on any atom is -0.336 e. The third kappa shape index (κ3) is 3.37. The molecule has 1 aliphatic carbocycles. The summed E-state index contributed by atoms with van der Waals surface area (Å²) in [5.74, 6) is 0. The van der Waals surface area contributed by atoms with Gasteiger partial charge in [-0.1, -0.05) is 0 Å². The number of nitrogens with one attached hydrogen (secondary N) is 2. The van der Waals surface area contributed by atoms with E-state index in [1.54, 1.807) is 0 Å².